The SMILES string of the molecule is OCC1CCN(I)CC1O. The van der Waals surface area contributed by atoms with Gasteiger partial charge in [-0.15, -0.1) is 0 Å². The largest absolute Gasteiger partial charge is 0.396 e. The van der Waals surface area contributed by atoms with E-state index in [1.807, 2.05) is 0 Å². The van der Waals surface area contributed by atoms with Crippen molar-refractivity contribution in [1.82, 2.24) is 3.11 Å². The molecule has 0 aromatic carbocycles. The topological polar surface area (TPSA) is 43.7 Å². The summed E-state index contributed by atoms with van der Waals surface area (Å²) in [5.74, 6) is 0.103. The molecule has 1 fully saturated rings. The third-order valence-electron chi connectivity index (χ3n) is 1.91. The number of aliphatic hydroxyl groups excluding tert-OH is 2. The molecular weight excluding hydrogens is 245 g/mol. The molecule has 10 heavy (non-hydrogen) atoms. The van der Waals surface area contributed by atoms with Crippen molar-refractivity contribution in [3.63, 3.8) is 0 Å². The van der Waals surface area contributed by atoms with E-state index >= 15 is 0 Å². The number of halogens is 1. The first kappa shape index (κ1) is 8.70. The first-order chi connectivity index (χ1) is 4.74. The Hall–Kier alpha value is 0.610. The molecule has 0 aromatic rings. The van der Waals surface area contributed by atoms with Gasteiger partial charge in [-0.2, -0.15) is 0 Å². The molecule has 3 nitrogen and oxygen atoms in total. The van der Waals surface area contributed by atoms with Gasteiger partial charge in [0.05, 0.1) is 6.10 Å². The van der Waals surface area contributed by atoms with E-state index in [1.54, 1.807) is 0 Å². The molecule has 1 saturated heterocycles. The summed E-state index contributed by atoms with van der Waals surface area (Å²) in [4.78, 5) is 0. The molecule has 1 aliphatic heterocycles. The lowest BCUT2D eigenvalue weighted by atomic mass is 9.96. The maximum absolute atomic E-state index is 9.33. The van der Waals surface area contributed by atoms with Crippen LogP contribution in [0, 0.1) is 5.92 Å². The van der Waals surface area contributed by atoms with Crippen LogP contribution in [0.3, 0.4) is 0 Å². The Bertz CT molecular complexity index is 112. The summed E-state index contributed by atoms with van der Waals surface area (Å²) in [6, 6.07) is 0. The van der Waals surface area contributed by atoms with Crippen LogP contribution in [-0.2, 0) is 0 Å². The molecule has 0 radical (unpaired) electrons. The zero-order valence-corrected chi connectivity index (χ0v) is 7.86. The van der Waals surface area contributed by atoms with Gasteiger partial charge in [-0.3, -0.25) is 0 Å². The molecule has 1 aliphatic rings. The molecule has 0 aliphatic carbocycles. The summed E-state index contributed by atoms with van der Waals surface area (Å²) in [5, 5.41) is 18.1. The molecule has 0 saturated carbocycles. The van der Waals surface area contributed by atoms with Crippen LogP contribution in [0.25, 0.3) is 0 Å². The number of rotatable bonds is 1. The highest BCUT2D eigenvalue weighted by Gasteiger charge is 2.25. The van der Waals surface area contributed by atoms with E-state index in [1.165, 1.54) is 0 Å². The number of aliphatic hydroxyl groups is 2. The Morgan fingerprint density at radius 3 is 2.80 bits per heavy atom. The second-order valence-electron chi connectivity index (χ2n) is 2.67. The lowest BCUT2D eigenvalue weighted by molar-refractivity contribution is 0.0291. The van der Waals surface area contributed by atoms with Crippen LogP contribution in [0.15, 0.2) is 0 Å². The standard InChI is InChI=1S/C6H12INO2/c7-8-2-1-5(4-9)6(10)3-8/h5-6,9-10H,1-4H2. The monoisotopic (exact) mass is 257 g/mol. The van der Waals surface area contributed by atoms with Crippen LogP contribution < -0.4 is 0 Å². The van der Waals surface area contributed by atoms with E-state index in [9.17, 15) is 5.11 Å². The number of hydrogen-bond acceptors (Lipinski definition) is 3. The van der Waals surface area contributed by atoms with Crippen molar-refractivity contribution in [2.45, 2.75) is 12.5 Å². The van der Waals surface area contributed by atoms with Gasteiger partial charge in [0.1, 0.15) is 0 Å². The average Bonchev–Trinajstić information content (AvgIpc) is 1.88. The number of piperidine rings is 1. The maximum atomic E-state index is 9.33. The van der Waals surface area contributed by atoms with Gasteiger partial charge < -0.3 is 10.2 Å². The summed E-state index contributed by atoms with van der Waals surface area (Å²) in [6.07, 6.45) is 0.566. The lowest BCUT2D eigenvalue weighted by Crippen LogP contribution is -2.40. The van der Waals surface area contributed by atoms with Gasteiger partial charge in [0, 0.05) is 48.5 Å². The average molecular weight is 257 g/mol. The van der Waals surface area contributed by atoms with Crippen LogP contribution in [-0.4, -0.2) is 39.1 Å². The van der Waals surface area contributed by atoms with Gasteiger partial charge >= 0.3 is 0 Å². The lowest BCUT2D eigenvalue weighted by Gasteiger charge is -2.30. The fourth-order valence-electron chi connectivity index (χ4n) is 1.15. The van der Waals surface area contributed by atoms with Gasteiger partial charge in [-0.25, -0.2) is 3.11 Å². The molecule has 0 bridgehead atoms. The minimum Gasteiger partial charge on any atom is -0.396 e. The van der Waals surface area contributed by atoms with Crippen molar-refractivity contribution in [3.05, 3.63) is 0 Å². The second-order valence-corrected chi connectivity index (χ2v) is 4.03. The Kier molecular flexibility index (Phi) is 3.35. The summed E-state index contributed by atoms with van der Waals surface area (Å²) in [6.45, 7) is 1.78. The van der Waals surface area contributed by atoms with Crippen molar-refractivity contribution in [2.75, 3.05) is 19.7 Å². The minimum absolute atomic E-state index is 0.103. The highest BCUT2D eigenvalue weighted by molar-refractivity contribution is 14.1. The number of nitrogens with zero attached hydrogens (tertiary/aromatic N) is 1. The number of hydrogen-bond donors (Lipinski definition) is 2. The Morgan fingerprint density at radius 2 is 2.30 bits per heavy atom. The van der Waals surface area contributed by atoms with Crippen molar-refractivity contribution in [1.29, 1.82) is 0 Å². The Labute approximate surface area is 74.5 Å². The highest BCUT2D eigenvalue weighted by atomic mass is 127. The third kappa shape index (κ3) is 2.05. The molecule has 2 atom stereocenters. The van der Waals surface area contributed by atoms with Crippen molar-refractivity contribution >= 4 is 22.9 Å². The zero-order valence-electron chi connectivity index (χ0n) is 5.70. The normalized spacial score (nSPS) is 36.3. The van der Waals surface area contributed by atoms with E-state index in [4.69, 9.17) is 5.11 Å². The highest BCUT2D eigenvalue weighted by Crippen LogP contribution is 2.19. The second kappa shape index (κ2) is 3.85. The van der Waals surface area contributed by atoms with E-state index in [0.29, 0.717) is 6.54 Å². The van der Waals surface area contributed by atoms with Gasteiger partial charge in [0.2, 0.25) is 0 Å². The van der Waals surface area contributed by atoms with E-state index < -0.39 is 0 Å². The van der Waals surface area contributed by atoms with Gasteiger partial charge in [-0.1, -0.05) is 0 Å². The summed E-state index contributed by atoms with van der Waals surface area (Å²) < 4.78 is 2.05. The number of β-amino-alcohol motifs (C(OH)–C–C–N with tert-alkyl or cyclic N) is 1. The van der Waals surface area contributed by atoms with E-state index in [-0.39, 0.29) is 18.6 Å². The predicted octanol–water partition coefficient (Wildman–Crippen LogP) is 0.0115. The Morgan fingerprint density at radius 1 is 1.60 bits per heavy atom. The van der Waals surface area contributed by atoms with Crippen LogP contribution in [0.4, 0.5) is 0 Å². The quantitative estimate of drug-likeness (QED) is 0.514. The van der Waals surface area contributed by atoms with Gasteiger partial charge in [0.25, 0.3) is 0 Å². The molecule has 60 valence electrons. The van der Waals surface area contributed by atoms with Crippen molar-refractivity contribution in [2.24, 2.45) is 5.92 Å². The molecule has 2 unspecified atom stereocenters. The van der Waals surface area contributed by atoms with E-state index in [2.05, 4.69) is 26.0 Å². The zero-order chi connectivity index (χ0) is 7.56. The fraction of sp³-hybridized carbons (Fsp3) is 1.00. The third-order valence-corrected chi connectivity index (χ3v) is 2.78. The predicted molar refractivity (Wildman–Crippen MR) is 46.8 cm³/mol. The van der Waals surface area contributed by atoms with Gasteiger partial charge in [0.15, 0.2) is 0 Å². The fourth-order valence-corrected chi connectivity index (χ4v) is 1.84. The van der Waals surface area contributed by atoms with Crippen molar-refractivity contribution in [3.8, 4) is 0 Å². The van der Waals surface area contributed by atoms with Gasteiger partial charge in [-0.05, 0) is 6.42 Å². The van der Waals surface area contributed by atoms with Crippen LogP contribution >= 0.6 is 22.9 Å². The van der Waals surface area contributed by atoms with Crippen LogP contribution in [0.2, 0.25) is 0 Å². The Balaban J connectivity index is 2.36. The molecule has 4 heteroatoms. The minimum atomic E-state index is -0.337. The molecule has 2 N–H and O–H groups in total. The maximum Gasteiger partial charge on any atom is 0.0725 e. The summed E-state index contributed by atoms with van der Waals surface area (Å²) >= 11 is 2.19. The molecule has 0 spiro atoms. The molecule has 0 amide bonds. The van der Waals surface area contributed by atoms with Crippen molar-refractivity contribution < 1.29 is 10.2 Å². The first-order valence-corrected chi connectivity index (χ1v) is 4.40. The molecule has 1 rings (SSSR count). The van der Waals surface area contributed by atoms with Crippen LogP contribution in [0.5, 0.6) is 0 Å². The molecular formula is C6H12INO2. The first-order valence-electron chi connectivity index (χ1n) is 3.43. The van der Waals surface area contributed by atoms with E-state index in [0.717, 1.165) is 13.0 Å². The molecule has 1 heterocycles. The summed E-state index contributed by atoms with van der Waals surface area (Å²) in [7, 11) is 0. The smallest absolute Gasteiger partial charge is 0.0725 e. The molecule has 0 aromatic heterocycles. The van der Waals surface area contributed by atoms with Crippen LogP contribution in [0.1, 0.15) is 6.42 Å². The summed E-state index contributed by atoms with van der Waals surface area (Å²) in [5.41, 5.74) is 0.